The van der Waals surface area contributed by atoms with E-state index in [0.717, 1.165) is 19.3 Å². The predicted octanol–water partition coefficient (Wildman–Crippen LogP) is 2.93. The standard InChI is InChI=1S/C14H19F2NO/c1-17-14-11-7-3-2-5-10(11)6-4-8-12(14)18-9-13(15)16/h2-3,5,7,12-14,17H,4,6,8-9H2,1H3. The second-order valence-corrected chi connectivity index (χ2v) is 4.62. The minimum atomic E-state index is -2.40. The molecule has 18 heavy (non-hydrogen) atoms. The van der Waals surface area contributed by atoms with Crippen molar-refractivity contribution in [3.05, 3.63) is 35.4 Å². The molecule has 1 aliphatic rings. The SMILES string of the molecule is CNC1c2ccccc2CCCC1OCC(F)F. The van der Waals surface area contributed by atoms with Crippen LogP contribution in [-0.2, 0) is 11.2 Å². The number of nitrogens with one attached hydrogen (secondary N) is 1. The molecule has 1 aromatic rings. The van der Waals surface area contributed by atoms with E-state index in [9.17, 15) is 8.78 Å². The van der Waals surface area contributed by atoms with Crippen LogP contribution in [-0.4, -0.2) is 26.2 Å². The summed E-state index contributed by atoms with van der Waals surface area (Å²) in [6.45, 7) is -0.481. The Bertz CT molecular complexity index is 384. The number of ether oxygens (including phenoxy) is 1. The van der Waals surface area contributed by atoms with Crippen LogP contribution in [0.3, 0.4) is 0 Å². The molecule has 1 N–H and O–H groups in total. The lowest BCUT2D eigenvalue weighted by Gasteiger charge is -2.26. The van der Waals surface area contributed by atoms with Crippen molar-refractivity contribution < 1.29 is 13.5 Å². The summed E-state index contributed by atoms with van der Waals surface area (Å²) in [5.41, 5.74) is 2.47. The molecular weight excluding hydrogens is 236 g/mol. The van der Waals surface area contributed by atoms with Gasteiger partial charge in [-0.05, 0) is 37.4 Å². The highest BCUT2D eigenvalue weighted by Crippen LogP contribution is 2.30. The lowest BCUT2D eigenvalue weighted by Crippen LogP contribution is -2.32. The van der Waals surface area contributed by atoms with E-state index in [1.54, 1.807) is 0 Å². The normalized spacial score (nSPS) is 23.8. The van der Waals surface area contributed by atoms with Crippen LogP contribution < -0.4 is 5.32 Å². The number of likely N-dealkylation sites (N-methyl/N-ethyl adjacent to an activating group) is 1. The van der Waals surface area contributed by atoms with Crippen molar-refractivity contribution in [2.75, 3.05) is 13.7 Å². The number of hydrogen-bond donors (Lipinski definition) is 1. The van der Waals surface area contributed by atoms with E-state index in [4.69, 9.17) is 4.74 Å². The fourth-order valence-electron chi connectivity index (χ4n) is 2.64. The molecule has 2 nitrogen and oxygen atoms in total. The van der Waals surface area contributed by atoms with Gasteiger partial charge < -0.3 is 10.1 Å². The average Bonchev–Trinajstić information content (AvgIpc) is 2.54. The molecule has 0 saturated carbocycles. The quantitative estimate of drug-likeness (QED) is 0.835. The third-order valence-corrected chi connectivity index (χ3v) is 3.44. The molecule has 100 valence electrons. The molecule has 0 spiro atoms. The van der Waals surface area contributed by atoms with Gasteiger partial charge in [-0.1, -0.05) is 24.3 Å². The molecule has 0 heterocycles. The van der Waals surface area contributed by atoms with Crippen molar-refractivity contribution in [2.24, 2.45) is 0 Å². The van der Waals surface area contributed by atoms with Crippen molar-refractivity contribution in [2.45, 2.75) is 37.8 Å². The number of halogens is 2. The van der Waals surface area contributed by atoms with Gasteiger partial charge in [0, 0.05) is 0 Å². The maximum atomic E-state index is 12.3. The topological polar surface area (TPSA) is 21.3 Å². The molecule has 0 saturated heterocycles. The van der Waals surface area contributed by atoms with E-state index < -0.39 is 13.0 Å². The molecule has 1 aromatic carbocycles. The molecule has 0 radical (unpaired) electrons. The predicted molar refractivity (Wildman–Crippen MR) is 66.9 cm³/mol. The molecule has 0 amide bonds. The summed E-state index contributed by atoms with van der Waals surface area (Å²) in [5.74, 6) is 0. The first kappa shape index (κ1) is 13.4. The monoisotopic (exact) mass is 255 g/mol. The van der Waals surface area contributed by atoms with E-state index in [1.807, 2.05) is 19.2 Å². The van der Waals surface area contributed by atoms with Crippen LogP contribution >= 0.6 is 0 Å². The summed E-state index contributed by atoms with van der Waals surface area (Å²) in [6.07, 6.45) is 0.201. The third-order valence-electron chi connectivity index (χ3n) is 3.44. The van der Waals surface area contributed by atoms with Crippen LogP contribution in [0.15, 0.2) is 24.3 Å². The first-order chi connectivity index (χ1) is 8.72. The van der Waals surface area contributed by atoms with Gasteiger partial charge in [-0.3, -0.25) is 0 Å². The largest absolute Gasteiger partial charge is 0.370 e. The maximum absolute atomic E-state index is 12.3. The Morgan fingerprint density at radius 3 is 2.89 bits per heavy atom. The fraction of sp³-hybridized carbons (Fsp3) is 0.571. The molecule has 1 aliphatic carbocycles. The lowest BCUT2D eigenvalue weighted by atomic mass is 9.98. The van der Waals surface area contributed by atoms with Gasteiger partial charge in [-0.15, -0.1) is 0 Å². The lowest BCUT2D eigenvalue weighted by molar-refractivity contribution is -0.0402. The van der Waals surface area contributed by atoms with Crippen LogP contribution in [0.4, 0.5) is 8.78 Å². The highest BCUT2D eigenvalue weighted by Gasteiger charge is 2.27. The van der Waals surface area contributed by atoms with Gasteiger partial charge >= 0.3 is 0 Å². The number of hydrogen-bond acceptors (Lipinski definition) is 2. The van der Waals surface area contributed by atoms with Gasteiger partial charge in [-0.25, -0.2) is 8.78 Å². The van der Waals surface area contributed by atoms with Gasteiger partial charge in [0.2, 0.25) is 0 Å². The zero-order valence-corrected chi connectivity index (χ0v) is 10.5. The zero-order chi connectivity index (χ0) is 13.0. The van der Waals surface area contributed by atoms with Crippen LogP contribution in [0.25, 0.3) is 0 Å². The fourth-order valence-corrected chi connectivity index (χ4v) is 2.64. The number of fused-ring (bicyclic) bond motifs is 1. The van der Waals surface area contributed by atoms with E-state index >= 15 is 0 Å². The summed E-state index contributed by atoms with van der Waals surface area (Å²) in [5, 5.41) is 3.20. The molecule has 0 bridgehead atoms. The second-order valence-electron chi connectivity index (χ2n) is 4.62. The Hall–Kier alpha value is -1.00. The molecule has 0 aliphatic heterocycles. The Morgan fingerprint density at radius 2 is 2.17 bits per heavy atom. The smallest absolute Gasteiger partial charge is 0.261 e. The first-order valence-corrected chi connectivity index (χ1v) is 6.37. The molecule has 2 atom stereocenters. The van der Waals surface area contributed by atoms with Crippen molar-refractivity contribution >= 4 is 0 Å². The number of benzene rings is 1. The Labute approximate surface area is 106 Å². The van der Waals surface area contributed by atoms with Crippen molar-refractivity contribution in [3.8, 4) is 0 Å². The van der Waals surface area contributed by atoms with E-state index in [2.05, 4.69) is 17.4 Å². The van der Waals surface area contributed by atoms with Crippen LogP contribution in [0.5, 0.6) is 0 Å². The molecule has 0 fully saturated rings. The van der Waals surface area contributed by atoms with Gasteiger partial charge in [0.05, 0.1) is 12.1 Å². The number of rotatable bonds is 4. The molecular formula is C14H19F2NO. The van der Waals surface area contributed by atoms with Crippen molar-refractivity contribution in [1.82, 2.24) is 5.32 Å². The van der Waals surface area contributed by atoms with E-state index in [0.29, 0.717) is 0 Å². The van der Waals surface area contributed by atoms with Crippen LogP contribution in [0.1, 0.15) is 30.0 Å². The van der Waals surface area contributed by atoms with Gasteiger partial charge in [0.25, 0.3) is 6.43 Å². The molecule has 2 unspecified atom stereocenters. The minimum Gasteiger partial charge on any atom is -0.370 e. The molecule has 2 rings (SSSR count). The molecule has 0 aromatic heterocycles. The highest BCUT2D eigenvalue weighted by molar-refractivity contribution is 5.32. The van der Waals surface area contributed by atoms with Gasteiger partial charge in [-0.2, -0.15) is 0 Å². The van der Waals surface area contributed by atoms with Gasteiger partial charge in [0.1, 0.15) is 6.61 Å². The van der Waals surface area contributed by atoms with Gasteiger partial charge in [0.15, 0.2) is 0 Å². The van der Waals surface area contributed by atoms with Crippen molar-refractivity contribution in [3.63, 3.8) is 0 Å². The summed E-state index contributed by atoms with van der Waals surface area (Å²) >= 11 is 0. The number of aryl methyl sites for hydroxylation is 1. The van der Waals surface area contributed by atoms with Crippen LogP contribution in [0, 0.1) is 0 Å². The van der Waals surface area contributed by atoms with Crippen molar-refractivity contribution in [1.29, 1.82) is 0 Å². The first-order valence-electron chi connectivity index (χ1n) is 6.37. The Morgan fingerprint density at radius 1 is 1.39 bits per heavy atom. The Balaban J connectivity index is 2.17. The molecule has 4 heteroatoms. The maximum Gasteiger partial charge on any atom is 0.261 e. The average molecular weight is 255 g/mol. The second kappa shape index (κ2) is 6.25. The van der Waals surface area contributed by atoms with E-state index in [-0.39, 0.29) is 12.1 Å². The Kier molecular flexibility index (Phi) is 4.66. The highest BCUT2D eigenvalue weighted by atomic mass is 19.3. The minimum absolute atomic E-state index is 0.00227. The third kappa shape index (κ3) is 3.06. The summed E-state index contributed by atoms with van der Waals surface area (Å²) in [6, 6.07) is 8.17. The summed E-state index contributed by atoms with van der Waals surface area (Å²) in [7, 11) is 1.85. The zero-order valence-electron chi connectivity index (χ0n) is 10.5. The summed E-state index contributed by atoms with van der Waals surface area (Å²) < 4.78 is 29.9. The summed E-state index contributed by atoms with van der Waals surface area (Å²) in [4.78, 5) is 0. The van der Waals surface area contributed by atoms with E-state index in [1.165, 1.54) is 11.1 Å². The number of alkyl halides is 2. The van der Waals surface area contributed by atoms with Crippen LogP contribution in [0.2, 0.25) is 0 Å².